The molecule has 0 spiro atoms. The SMILES string of the molecule is CN(c1ccc(Cl)cc1C(=O)NCCc1ccccc1)S(=O)(=O)c1cccc2nsnc12. The average molecular weight is 487 g/mol. The molecule has 1 heterocycles. The first kappa shape index (κ1) is 22.2. The van der Waals surface area contributed by atoms with Crippen molar-refractivity contribution >= 4 is 56.0 Å². The molecule has 164 valence electrons. The topological polar surface area (TPSA) is 92.3 Å². The predicted octanol–water partition coefficient (Wildman–Crippen LogP) is 4.14. The van der Waals surface area contributed by atoms with Crippen molar-refractivity contribution in [2.24, 2.45) is 0 Å². The molecule has 4 aromatic rings. The van der Waals surface area contributed by atoms with Crippen LogP contribution < -0.4 is 9.62 Å². The molecule has 1 N–H and O–H groups in total. The smallest absolute Gasteiger partial charge is 0.266 e. The van der Waals surface area contributed by atoms with Crippen LogP contribution in [0.2, 0.25) is 5.02 Å². The Morgan fingerprint density at radius 3 is 2.62 bits per heavy atom. The van der Waals surface area contributed by atoms with Gasteiger partial charge in [0.1, 0.15) is 15.9 Å². The van der Waals surface area contributed by atoms with Gasteiger partial charge in [0.2, 0.25) is 0 Å². The van der Waals surface area contributed by atoms with E-state index in [9.17, 15) is 13.2 Å². The number of nitrogens with one attached hydrogen (secondary N) is 1. The number of carbonyl (C=O) groups is 1. The first-order chi connectivity index (χ1) is 15.4. The lowest BCUT2D eigenvalue weighted by Gasteiger charge is -2.22. The minimum atomic E-state index is -4.01. The van der Waals surface area contributed by atoms with Gasteiger partial charge in [-0.05, 0) is 42.3 Å². The summed E-state index contributed by atoms with van der Waals surface area (Å²) in [7, 11) is -2.61. The zero-order valence-corrected chi connectivity index (χ0v) is 19.4. The van der Waals surface area contributed by atoms with Crippen molar-refractivity contribution in [3.8, 4) is 0 Å². The number of rotatable bonds is 7. The number of amides is 1. The van der Waals surface area contributed by atoms with Crippen molar-refractivity contribution in [2.75, 3.05) is 17.9 Å². The highest BCUT2D eigenvalue weighted by Gasteiger charge is 2.28. The van der Waals surface area contributed by atoms with Crippen LogP contribution >= 0.6 is 23.3 Å². The molecule has 10 heteroatoms. The minimum Gasteiger partial charge on any atom is -0.352 e. The van der Waals surface area contributed by atoms with Gasteiger partial charge in [0.15, 0.2) is 0 Å². The fourth-order valence-corrected chi connectivity index (χ4v) is 5.43. The minimum absolute atomic E-state index is 0.0247. The third-order valence-electron chi connectivity index (χ3n) is 4.97. The van der Waals surface area contributed by atoms with Gasteiger partial charge in [-0.15, -0.1) is 0 Å². The first-order valence-corrected chi connectivity index (χ1v) is 12.2. The third kappa shape index (κ3) is 4.45. The highest BCUT2D eigenvalue weighted by Crippen LogP contribution is 2.30. The maximum Gasteiger partial charge on any atom is 0.266 e. The molecule has 0 saturated carbocycles. The van der Waals surface area contributed by atoms with E-state index >= 15 is 0 Å². The number of anilines is 1. The van der Waals surface area contributed by atoms with Gasteiger partial charge in [-0.1, -0.05) is 48.0 Å². The Bertz CT molecular complexity index is 1370. The first-order valence-electron chi connectivity index (χ1n) is 9.70. The van der Waals surface area contributed by atoms with Crippen molar-refractivity contribution in [1.29, 1.82) is 0 Å². The van der Waals surface area contributed by atoms with E-state index in [2.05, 4.69) is 14.1 Å². The van der Waals surface area contributed by atoms with Crippen LogP contribution in [0.1, 0.15) is 15.9 Å². The maximum absolute atomic E-state index is 13.4. The van der Waals surface area contributed by atoms with Gasteiger partial charge in [-0.2, -0.15) is 8.75 Å². The van der Waals surface area contributed by atoms with Crippen LogP contribution in [0.3, 0.4) is 0 Å². The Morgan fingerprint density at radius 2 is 1.84 bits per heavy atom. The molecule has 0 aliphatic rings. The number of hydrogen-bond acceptors (Lipinski definition) is 6. The summed E-state index contributed by atoms with van der Waals surface area (Å²) in [5.74, 6) is -0.408. The molecule has 0 aliphatic heterocycles. The van der Waals surface area contributed by atoms with Crippen LogP contribution in [0.5, 0.6) is 0 Å². The molecule has 0 saturated heterocycles. The van der Waals surface area contributed by atoms with Crippen LogP contribution in [0.4, 0.5) is 5.69 Å². The fourth-order valence-electron chi connectivity index (χ4n) is 3.29. The van der Waals surface area contributed by atoms with Crippen molar-refractivity contribution < 1.29 is 13.2 Å². The van der Waals surface area contributed by atoms with Gasteiger partial charge in [-0.3, -0.25) is 9.10 Å². The Labute approximate surface area is 195 Å². The number of nitrogens with zero attached hydrogens (tertiary/aromatic N) is 3. The molecule has 0 fully saturated rings. The number of benzene rings is 3. The van der Waals surface area contributed by atoms with E-state index in [-0.39, 0.29) is 16.1 Å². The van der Waals surface area contributed by atoms with E-state index in [1.807, 2.05) is 30.3 Å². The summed E-state index contributed by atoms with van der Waals surface area (Å²) in [4.78, 5) is 13.0. The third-order valence-corrected chi connectivity index (χ3v) is 7.55. The molecular formula is C22H19ClN4O3S2. The number of carbonyl (C=O) groups excluding carboxylic acids is 1. The van der Waals surface area contributed by atoms with Crippen LogP contribution in [-0.2, 0) is 16.4 Å². The van der Waals surface area contributed by atoms with Crippen LogP contribution in [0.25, 0.3) is 11.0 Å². The summed E-state index contributed by atoms with van der Waals surface area (Å²) in [6.07, 6.45) is 0.648. The van der Waals surface area contributed by atoms with Crippen molar-refractivity contribution in [1.82, 2.24) is 14.1 Å². The highest BCUT2D eigenvalue weighted by atomic mass is 35.5. The molecule has 3 aromatic carbocycles. The second kappa shape index (κ2) is 9.23. The van der Waals surface area contributed by atoms with E-state index < -0.39 is 15.9 Å². The monoisotopic (exact) mass is 486 g/mol. The van der Waals surface area contributed by atoms with E-state index in [0.717, 1.165) is 21.6 Å². The van der Waals surface area contributed by atoms with E-state index in [4.69, 9.17) is 11.6 Å². The summed E-state index contributed by atoms with van der Waals surface area (Å²) in [5.41, 5.74) is 2.27. The average Bonchev–Trinajstić information content (AvgIpc) is 3.28. The largest absolute Gasteiger partial charge is 0.352 e. The maximum atomic E-state index is 13.4. The van der Waals surface area contributed by atoms with Crippen LogP contribution in [-0.4, -0.2) is 36.7 Å². The van der Waals surface area contributed by atoms with Gasteiger partial charge in [0, 0.05) is 18.6 Å². The highest BCUT2D eigenvalue weighted by molar-refractivity contribution is 7.93. The van der Waals surface area contributed by atoms with E-state index in [0.29, 0.717) is 29.0 Å². The van der Waals surface area contributed by atoms with E-state index in [1.54, 1.807) is 18.2 Å². The van der Waals surface area contributed by atoms with Crippen molar-refractivity contribution in [3.05, 3.63) is 82.9 Å². The lowest BCUT2D eigenvalue weighted by Crippen LogP contribution is -2.31. The molecular weight excluding hydrogens is 468 g/mol. The lowest BCUT2D eigenvalue weighted by molar-refractivity contribution is 0.0955. The van der Waals surface area contributed by atoms with Crippen LogP contribution in [0.15, 0.2) is 71.6 Å². The van der Waals surface area contributed by atoms with Gasteiger partial charge in [0.25, 0.3) is 15.9 Å². The molecule has 0 bridgehead atoms. The molecule has 7 nitrogen and oxygen atoms in total. The van der Waals surface area contributed by atoms with Gasteiger partial charge in [-0.25, -0.2) is 8.42 Å². The number of halogens is 1. The Morgan fingerprint density at radius 1 is 1.06 bits per heavy atom. The van der Waals surface area contributed by atoms with Gasteiger partial charge in [0.05, 0.1) is 23.0 Å². The fraction of sp³-hybridized carbons (Fsp3) is 0.136. The quantitative estimate of drug-likeness (QED) is 0.423. The second-order valence-electron chi connectivity index (χ2n) is 7.01. The molecule has 0 atom stereocenters. The normalized spacial score (nSPS) is 11.4. The number of sulfonamides is 1. The molecule has 0 unspecified atom stereocenters. The zero-order chi connectivity index (χ0) is 22.7. The number of hydrogen-bond donors (Lipinski definition) is 1. The molecule has 4 rings (SSSR count). The predicted molar refractivity (Wildman–Crippen MR) is 127 cm³/mol. The molecule has 32 heavy (non-hydrogen) atoms. The van der Waals surface area contributed by atoms with Gasteiger partial charge < -0.3 is 5.32 Å². The summed E-state index contributed by atoms with van der Waals surface area (Å²) >= 11 is 7.07. The second-order valence-corrected chi connectivity index (χ2v) is 9.92. The summed E-state index contributed by atoms with van der Waals surface area (Å²) in [6.45, 7) is 0.398. The standard InChI is InChI=1S/C22H19ClN4O3S2/c1-27(32(29,30)20-9-5-8-18-21(20)26-31-25-18)19-11-10-16(23)14-17(19)22(28)24-13-12-15-6-3-2-4-7-15/h2-11,14H,12-13H2,1H3,(H,24,28). The lowest BCUT2D eigenvalue weighted by atomic mass is 10.1. The Hall–Kier alpha value is -3.01. The molecule has 1 aromatic heterocycles. The van der Waals surface area contributed by atoms with Crippen molar-refractivity contribution in [3.63, 3.8) is 0 Å². The molecule has 0 aliphatic carbocycles. The van der Waals surface area contributed by atoms with Crippen molar-refractivity contribution in [2.45, 2.75) is 11.3 Å². The summed E-state index contributed by atoms with van der Waals surface area (Å²) in [5, 5.41) is 3.18. The Kier molecular flexibility index (Phi) is 6.40. The zero-order valence-electron chi connectivity index (χ0n) is 17.0. The summed E-state index contributed by atoms with van der Waals surface area (Å²) in [6, 6.07) is 19.1. The Balaban J connectivity index is 1.62. The summed E-state index contributed by atoms with van der Waals surface area (Å²) < 4.78 is 36.1. The molecule has 0 radical (unpaired) electrons. The van der Waals surface area contributed by atoms with Crippen LogP contribution in [0, 0.1) is 0 Å². The number of fused-ring (bicyclic) bond motifs is 1. The van der Waals surface area contributed by atoms with Gasteiger partial charge >= 0.3 is 0 Å². The number of aromatic nitrogens is 2. The van der Waals surface area contributed by atoms with E-state index in [1.165, 1.54) is 25.2 Å². The molecule has 1 amide bonds.